The lowest BCUT2D eigenvalue weighted by molar-refractivity contribution is -0.0494. The van der Waals surface area contributed by atoms with Crippen LogP contribution in [0.1, 0.15) is 25.3 Å². The van der Waals surface area contributed by atoms with Crippen LogP contribution < -0.4 is 10.6 Å². The molecule has 0 spiro atoms. The SMILES string of the molecule is CCNC(=NCc1ccc2ccccc2c1)NC1CCN(S(=O)(=O)C(F)(F)F)CC1. The van der Waals surface area contributed by atoms with Gasteiger partial charge in [0.15, 0.2) is 5.96 Å². The summed E-state index contributed by atoms with van der Waals surface area (Å²) in [6.45, 7) is 2.64. The molecule has 10 heteroatoms. The van der Waals surface area contributed by atoms with Crippen LogP contribution >= 0.6 is 0 Å². The summed E-state index contributed by atoms with van der Waals surface area (Å²) in [5.41, 5.74) is -4.22. The van der Waals surface area contributed by atoms with E-state index < -0.39 is 15.5 Å². The van der Waals surface area contributed by atoms with Gasteiger partial charge in [0, 0.05) is 25.7 Å². The molecule has 2 aromatic carbocycles. The van der Waals surface area contributed by atoms with Crippen molar-refractivity contribution in [2.24, 2.45) is 4.99 Å². The minimum absolute atomic E-state index is 0.154. The molecular formula is C20H25F3N4O2S. The third kappa shape index (κ3) is 5.23. The van der Waals surface area contributed by atoms with Crippen molar-refractivity contribution in [2.75, 3.05) is 19.6 Å². The molecule has 1 aliphatic rings. The standard InChI is InChI=1S/C20H25F3N4O2S/c1-2-24-19(25-14-15-7-8-16-5-3-4-6-17(16)13-15)26-18-9-11-27(12-10-18)30(28,29)20(21,22)23/h3-8,13,18H,2,9-12,14H2,1H3,(H2,24,25,26). The molecule has 0 aliphatic carbocycles. The van der Waals surface area contributed by atoms with Crippen LogP contribution in [-0.2, 0) is 16.6 Å². The summed E-state index contributed by atoms with van der Waals surface area (Å²) in [5, 5.41) is 8.62. The van der Waals surface area contributed by atoms with Gasteiger partial charge in [0.05, 0.1) is 6.54 Å². The van der Waals surface area contributed by atoms with Crippen LogP contribution in [0.15, 0.2) is 47.5 Å². The maximum absolute atomic E-state index is 12.7. The lowest BCUT2D eigenvalue weighted by Gasteiger charge is -2.32. The number of guanidine groups is 1. The van der Waals surface area contributed by atoms with E-state index in [0.29, 0.717) is 23.4 Å². The van der Waals surface area contributed by atoms with Gasteiger partial charge in [0.1, 0.15) is 0 Å². The van der Waals surface area contributed by atoms with Gasteiger partial charge in [0.2, 0.25) is 0 Å². The van der Waals surface area contributed by atoms with E-state index in [1.807, 2.05) is 43.3 Å². The molecule has 0 aromatic heterocycles. The molecule has 2 N–H and O–H groups in total. The summed E-state index contributed by atoms with van der Waals surface area (Å²) in [6.07, 6.45) is 0.547. The zero-order valence-electron chi connectivity index (χ0n) is 16.6. The molecular weight excluding hydrogens is 417 g/mol. The maximum Gasteiger partial charge on any atom is 0.511 e. The molecule has 6 nitrogen and oxygen atoms in total. The van der Waals surface area contributed by atoms with E-state index in [4.69, 9.17) is 0 Å². The molecule has 2 aromatic rings. The van der Waals surface area contributed by atoms with Gasteiger partial charge in [-0.2, -0.15) is 17.5 Å². The fourth-order valence-corrected chi connectivity index (χ4v) is 4.39. The Balaban J connectivity index is 1.61. The topological polar surface area (TPSA) is 73.8 Å². The second-order valence-corrected chi connectivity index (χ2v) is 9.07. The van der Waals surface area contributed by atoms with Crippen molar-refractivity contribution < 1.29 is 21.6 Å². The number of nitrogens with one attached hydrogen (secondary N) is 2. The Morgan fingerprint density at radius 3 is 2.43 bits per heavy atom. The molecule has 30 heavy (non-hydrogen) atoms. The Kier molecular flexibility index (Phi) is 6.87. The average Bonchev–Trinajstić information content (AvgIpc) is 2.71. The number of fused-ring (bicyclic) bond motifs is 1. The van der Waals surface area contributed by atoms with Gasteiger partial charge in [-0.25, -0.2) is 13.4 Å². The van der Waals surface area contributed by atoms with Crippen molar-refractivity contribution in [1.82, 2.24) is 14.9 Å². The molecule has 0 radical (unpaired) electrons. The van der Waals surface area contributed by atoms with Gasteiger partial charge in [-0.1, -0.05) is 36.4 Å². The Morgan fingerprint density at radius 1 is 1.13 bits per heavy atom. The van der Waals surface area contributed by atoms with Crippen molar-refractivity contribution in [3.8, 4) is 0 Å². The van der Waals surface area contributed by atoms with Gasteiger partial charge in [-0.3, -0.25) is 0 Å². The molecule has 0 atom stereocenters. The normalized spacial score (nSPS) is 17.3. The van der Waals surface area contributed by atoms with E-state index in [0.717, 1.165) is 16.3 Å². The van der Waals surface area contributed by atoms with E-state index in [2.05, 4.69) is 21.7 Å². The van der Waals surface area contributed by atoms with Crippen molar-refractivity contribution >= 4 is 26.8 Å². The fourth-order valence-electron chi connectivity index (χ4n) is 3.41. The third-order valence-corrected chi connectivity index (χ3v) is 6.63. The quantitative estimate of drug-likeness (QED) is 0.551. The molecule has 0 saturated carbocycles. The molecule has 0 amide bonds. The predicted octanol–water partition coefficient (Wildman–Crippen LogP) is 3.21. The second-order valence-electron chi connectivity index (χ2n) is 7.15. The molecule has 1 saturated heterocycles. The second kappa shape index (κ2) is 9.22. The first kappa shape index (κ1) is 22.4. The van der Waals surface area contributed by atoms with Crippen LogP contribution in [0.5, 0.6) is 0 Å². The first-order valence-electron chi connectivity index (χ1n) is 9.79. The molecule has 164 valence electrons. The van der Waals surface area contributed by atoms with Crippen LogP contribution in [0.2, 0.25) is 0 Å². The number of rotatable bonds is 5. The zero-order valence-corrected chi connectivity index (χ0v) is 17.4. The van der Waals surface area contributed by atoms with E-state index >= 15 is 0 Å². The van der Waals surface area contributed by atoms with Crippen LogP contribution in [0.3, 0.4) is 0 Å². The number of aliphatic imine (C=N–C) groups is 1. The summed E-state index contributed by atoms with van der Waals surface area (Å²) in [6, 6.07) is 14.0. The lowest BCUT2D eigenvalue weighted by atomic mass is 10.1. The summed E-state index contributed by atoms with van der Waals surface area (Å²) in [5.74, 6) is 0.558. The van der Waals surface area contributed by atoms with E-state index in [1.165, 1.54) is 0 Å². The summed E-state index contributed by atoms with van der Waals surface area (Å²) >= 11 is 0. The number of piperidine rings is 1. The zero-order chi connectivity index (χ0) is 21.8. The van der Waals surface area contributed by atoms with Crippen LogP contribution in [0.4, 0.5) is 13.2 Å². The molecule has 3 rings (SSSR count). The fraction of sp³-hybridized carbons (Fsp3) is 0.450. The first-order valence-corrected chi connectivity index (χ1v) is 11.2. The van der Waals surface area contributed by atoms with E-state index in [1.54, 1.807) is 0 Å². The van der Waals surface area contributed by atoms with Gasteiger partial charge >= 0.3 is 15.5 Å². The molecule has 0 bridgehead atoms. The number of benzene rings is 2. The minimum atomic E-state index is -5.27. The molecule has 1 fully saturated rings. The highest BCUT2D eigenvalue weighted by atomic mass is 32.2. The van der Waals surface area contributed by atoms with E-state index in [-0.39, 0.29) is 32.0 Å². The molecule has 1 aliphatic heterocycles. The van der Waals surface area contributed by atoms with Gasteiger partial charge < -0.3 is 10.6 Å². The molecule has 0 unspecified atom stereocenters. The number of nitrogens with zero attached hydrogens (tertiary/aromatic N) is 2. The van der Waals surface area contributed by atoms with Crippen LogP contribution in [0, 0.1) is 0 Å². The number of hydrogen-bond donors (Lipinski definition) is 2. The minimum Gasteiger partial charge on any atom is -0.357 e. The monoisotopic (exact) mass is 442 g/mol. The Hall–Kier alpha value is -2.33. The number of sulfonamides is 1. The van der Waals surface area contributed by atoms with Crippen LogP contribution in [0.25, 0.3) is 10.8 Å². The van der Waals surface area contributed by atoms with Crippen molar-refractivity contribution in [3.63, 3.8) is 0 Å². The Labute approximate surface area is 174 Å². The molecule has 1 heterocycles. The highest BCUT2D eigenvalue weighted by Crippen LogP contribution is 2.29. The summed E-state index contributed by atoms with van der Waals surface area (Å²) in [7, 11) is -5.27. The number of hydrogen-bond acceptors (Lipinski definition) is 3. The first-order chi connectivity index (χ1) is 14.2. The van der Waals surface area contributed by atoms with Crippen molar-refractivity contribution in [3.05, 3.63) is 48.0 Å². The van der Waals surface area contributed by atoms with Gasteiger partial charge in [0.25, 0.3) is 0 Å². The lowest BCUT2D eigenvalue weighted by Crippen LogP contribution is -2.51. The Bertz CT molecular complexity index is 1000. The van der Waals surface area contributed by atoms with E-state index in [9.17, 15) is 21.6 Å². The van der Waals surface area contributed by atoms with Crippen molar-refractivity contribution in [2.45, 2.75) is 37.9 Å². The highest BCUT2D eigenvalue weighted by Gasteiger charge is 2.50. The maximum atomic E-state index is 12.7. The van der Waals surface area contributed by atoms with Gasteiger partial charge in [-0.05, 0) is 42.2 Å². The summed E-state index contributed by atoms with van der Waals surface area (Å²) < 4.78 is 61.7. The number of halogens is 3. The van der Waals surface area contributed by atoms with Crippen molar-refractivity contribution in [1.29, 1.82) is 0 Å². The van der Waals surface area contributed by atoms with Crippen LogP contribution in [-0.4, -0.2) is 49.9 Å². The van der Waals surface area contributed by atoms with Gasteiger partial charge in [-0.15, -0.1) is 0 Å². The number of alkyl halides is 3. The smallest absolute Gasteiger partial charge is 0.357 e. The Morgan fingerprint density at radius 2 is 1.80 bits per heavy atom. The predicted molar refractivity (Wildman–Crippen MR) is 111 cm³/mol. The highest BCUT2D eigenvalue weighted by molar-refractivity contribution is 7.90. The average molecular weight is 443 g/mol. The summed E-state index contributed by atoms with van der Waals surface area (Å²) in [4.78, 5) is 4.57. The largest absolute Gasteiger partial charge is 0.511 e. The third-order valence-electron chi connectivity index (χ3n) is 5.01.